The van der Waals surface area contributed by atoms with Gasteiger partial charge in [-0.1, -0.05) is 41.4 Å². The predicted molar refractivity (Wildman–Crippen MR) is 142 cm³/mol. The smallest absolute Gasteiger partial charge is 0.250 e. The molecule has 1 spiro atoms. The molecule has 0 radical (unpaired) electrons. The van der Waals surface area contributed by atoms with Gasteiger partial charge in [-0.15, -0.1) is 0 Å². The number of fused-ring (bicyclic) bond motifs is 5. The fraction of sp³-hybridized carbons (Fsp3) is 0.179. The van der Waals surface area contributed by atoms with E-state index < -0.39 is 47.0 Å². The summed E-state index contributed by atoms with van der Waals surface area (Å²) < 4.78 is 13.9. The molecule has 7 rings (SSSR count). The molecule has 4 aromatic rings. The van der Waals surface area contributed by atoms with Crippen molar-refractivity contribution in [2.45, 2.75) is 18.0 Å². The summed E-state index contributed by atoms with van der Waals surface area (Å²) in [6.45, 7) is 0. The Morgan fingerprint density at radius 3 is 2.61 bits per heavy atom. The first-order valence-corrected chi connectivity index (χ1v) is 12.8. The monoisotopic (exact) mass is 548 g/mol. The highest BCUT2D eigenvalue weighted by atomic mass is 35.5. The molecule has 0 aliphatic carbocycles. The SMILES string of the molecule is O=C1[C@H]2[C@@H](C(=O)N1c1ccc(F)c(Cl)c1)[C@@]1(N[C@@H]2Cc2c[nH]c3ccccc23)C(=O)Nc2ccc(Cl)cc21. The Hall–Kier alpha value is -3.72. The molecule has 7 nitrogen and oxygen atoms in total. The van der Waals surface area contributed by atoms with Gasteiger partial charge in [-0.3, -0.25) is 19.7 Å². The van der Waals surface area contributed by atoms with Gasteiger partial charge in [0, 0.05) is 39.4 Å². The summed E-state index contributed by atoms with van der Waals surface area (Å²) in [5, 5.41) is 7.47. The summed E-state index contributed by atoms with van der Waals surface area (Å²) in [6.07, 6.45) is 2.26. The Labute approximate surface area is 225 Å². The van der Waals surface area contributed by atoms with Crippen LogP contribution in [-0.2, 0) is 26.3 Å². The van der Waals surface area contributed by atoms with Crippen LogP contribution in [0.3, 0.4) is 0 Å². The number of halogens is 3. The van der Waals surface area contributed by atoms with Gasteiger partial charge in [0.25, 0.3) is 0 Å². The minimum Gasteiger partial charge on any atom is -0.361 e. The van der Waals surface area contributed by atoms with Crippen LogP contribution in [0.2, 0.25) is 10.0 Å². The first kappa shape index (κ1) is 23.4. The third kappa shape index (κ3) is 3.08. The van der Waals surface area contributed by atoms with Crippen molar-refractivity contribution >= 4 is 63.2 Å². The van der Waals surface area contributed by atoms with Gasteiger partial charge in [-0.05, 0) is 54.4 Å². The molecule has 38 heavy (non-hydrogen) atoms. The van der Waals surface area contributed by atoms with Gasteiger partial charge in [-0.25, -0.2) is 9.29 Å². The van der Waals surface area contributed by atoms with Crippen LogP contribution in [0.4, 0.5) is 15.8 Å². The number of imide groups is 1. The summed E-state index contributed by atoms with van der Waals surface area (Å²) in [5.74, 6) is -4.03. The maximum Gasteiger partial charge on any atom is 0.250 e. The molecule has 3 amide bonds. The molecule has 0 saturated carbocycles. The molecule has 2 saturated heterocycles. The molecule has 0 unspecified atom stereocenters. The topological polar surface area (TPSA) is 94.3 Å². The Kier molecular flexibility index (Phi) is 5.01. The van der Waals surface area contributed by atoms with Gasteiger partial charge >= 0.3 is 0 Å². The Morgan fingerprint density at radius 2 is 1.79 bits per heavy atom. The minimum atomic E-state index is -1.51. The highest BCUT2D eigenvalue weighted by molar-refractivity contribution is 6.32. The van der Waals surface area contributed by atoms with Gasteiger partial charge in [0.05, 0.1) is 22.5 Å². The van der Waals surface area contributed by atoms with Crippen molar-refractivity contribution in [2.24, 2.45) is 11.8 Å². The molecule has 3 N–H and O–H groups in total. The van der Waals surface area contributed by atoms with Gasteiger partial charge in [0.1, 0.15) is 11.4 Å². The lowest BCUT2D eigenvalue weighted by atomic mass is 9.76. The zero-order valence-electron chi connectivity index (χ0n) is 19.6. The number of rotatable bonds is 3. The number of carbonyl (C=O) groups excluding carboxylic acids is 3. The maximum atomic E-state index is 14.1. The number of aromatic nitrogens is 1. The van der Waals surface area contributed by atoms with Crippen molar-refractivity contribution in [2.75, 3.05) is 10.2 Å². The molecule has 3 aliphatic heterocycles. The third-order valence-corrected chi connectivity index (χ3v) is 8.48. The van der Waals surface area contributed by atoms with E-state index in [0.29, 0.717) is 22.7 Å². The van der Waals surface area contributed by atoms with Crippen LogP contribution >= 0.6 is 23.2 Å². The van der Waals surface area contributed by atoms with Crippen molar-refractivity contribution in [3.8, 4) is 0 Å². The van der Waals surface area contributed by atoms with E-state index in [1.807, 2.05) is 30.5 Å². The fourth-order valence-electron chi connectivity index (χ4n) is 6.36. The molecule has 0 bridgehead atoms. The van der Waals surface area contributed by atoms with E-state index >= 15 is 0 Å². The van der Waals surface area contributed by atoms with Crippen molar-refractivity contribution < 1.29 is 18.8 Å². The van der Waals surface area contributed by atoms with Crippen molar-refractivity contribution in [1.82, 2.24) is 10.3 Å². The normalized spacial score (nSPS) is 25.9. The number of para-hydroxylation sites is 1. The van der Waals surface area contributed by atoms with Crippen LogP contribution in [0, 0.1) is 17.7 Å². The summed E-state index contributed by atoms with van der Waals surface area (Å²) in [7, 11) is 0. The van der Waals surface area contributed by atoms with E-state index in [2.05, 4.69) is 15.6 Å². The lowest BCUT2D eigenvalue weighted by molar-refractivity contribution is -0.130. The molecular formula is C28H19Cl2FN4O3. The average molecular weight is 549 g/mol. The second-order valence-electron chi connectivity index (χ2n) is 9.88. The second-order valence-corrected chi connectivity index (χ2v) is 10.7. The Balaban J connectivity index is 1.39. The molecule has 4 heterocycles. The first-order valence-electron chi connectivity index (χ1n) is 12.1. The lowest BCUT2D eigenvalue weighted by Gasteiger charge is -2.29. The summed E-state index contributed by atoms with van der Waals surface area (Å²) >= 11 is 12.3. The van der Waals surface area contributed by atoms with Gasteiger partial charge in [0.15, 0.2) is 0 Å². The van der Waals surface area contributed by atoms with Crippen LogP contribution in [0.25, 0.3) is 10.9 Å². The van der Waals surface area contributed by atoms with E-state index in [0.717, 1.165) is 27.4 Å². The molecule has 1 aromatic heterocycles. The number of H-pyrrole nitrogens is 1. The van der Waals surface area contributed by atoms with E-state index in [1.165, 1.54) is 12.1 Å². The molecule has 190 valence electrons. The molecule has 4 atom stereocenters. The number of benzene rings is 3. The molecule has 3 aromatic carbocycles. The van der Waals surface area contributed by atoms with Crippen LogP contribution < -0.4 is 15.5 Å². The van der Waals surface area contributed by atoms with Gasteiger partial charge < -0.3 is 10.3 Å². The minimum absolute atomic E-state index is 0.159. The number of hydrogen-bond donors (Lipinski definition) is 3. The number of amides is 3. The van der Waals surface area contributed by atoms with Gasteiger partial charge in [0.2, 0.25) is 17.7 Å². The number of nitrogens with zero attached hydrogens (tertiary/aromatic N) is 1. The summed E-state index contributed by atoms with van der Waals surface area (Å²) in [4.78, 5) is 46.0. The van der Waals surface area contributed by atoms with E-state index in [1.54, 1.807) is 18.2 Å². The van der Waals surface area contributed by atoms with Crippen LogP contribution in [0.5, 0.6) is 0 Å². The number of hydrogen-bond acceptors (Lipinski definition) is 4. The van der Waals surface area contributed by atoms with Crippen molar-refractivity contribution in [3.05, 3.63) is 93.8 Å². The van der Waals surface area contributed by atoms with Crippen LogP contribution in [0.1, 0.15) is 11.1 Å². The second kappa shape index (κ2) is 8.14. The maximum absolute atomic E-state index is 14.1. The van der Waals surface area contributed by atoms with Crippen molar-refractivity contribution in [1.29, 1.82) is 0 Å². The number of anilines is 2. The molecule has 2 fully saturated rings. The lowest BCUT2D eigenvalue weighted by Crippen LogP contribution is -2.53. The first-order chi connectivity index (χ1) is 18.3. The highest BCUT2D eigenvalue weighted by Crippen LogP contribution is 2.54. The van der Waals surface area contributed by atoms with E-state index in [9.17, 15) is 18.8 Å². The average Bonchev–Trinajstić information content (AvgIpc) is 3.60. The summed E-state index contributed by atoms with van der Waals surface area (Å²) in [5.41, 5.74) is 1.59. The predicted octanol–water partition coefficient (Wildman–Crippen LogP) is 4.78. The van der Waals surface area contributed by atoms with Crippen LogP contribution in [0.15, 0.2) is 66.9 Å². The Bertz CT molecular complexity index is 1700. The van der Waals surface area contributed by atoms with E-state index in [4.69, 9.17) is 23.2 Å². The number of nitrogens with one attached hydrogen (secondary N) is 3. The van der Waals surface area contributed by atoms with E-state index in [-0.39, 0.29) is 10.7 Å². The quantitative estimate of drug-likeness (QED) is 0.321. The molecular weight excluding hydrogens is 530 g/mol. The zero-order chi connectivity index (χ0) is 26.3. The number of aromatic amines is 1. The standard InChI is InChI=1S/C28H19Cl2FN4O3/c29-14-5-8-21-17(10-14)28(27(38)33-21)24-23(22(34-28)9-13-12-32-20-4-2-1-3-16(13)20)25(36)35(26(24)37)15-6-7-19(31)18(30)11-15/h1-8,10-12,22-24,32,34H,9H2,(H,33,38)/t22-,23-,24+,28-/m1/s1. The largest absolute Gasteiger partial charge is 0.361 e. The van der Waals surface area contributed by atoms with Crippen LogP contribution in [-0.4, -0.2) is 28.7 Å². The van der Waals surface area contributed by atoms with Gasteiger partial charge in [-0.2, -0.15) is 0 Å². The number of carbonyl (C=O) groups is 3. The molecule has 10 heteroatoms. The third-order valence-electron chi connectivity index (χ3n) is 7.95. The summed E-state index contributed by atoms with van der Waals surface area (Å²) in [6, 6.07) is 15.9. The molecule has 3 aliphatic rings. The van der Waals surface area contributed by atoms with Crippen molar-refractivity contribution in [3.63, 3.8) is 0 Å². The highest BCUT2D eigenvalue weighted by Gasteiger charge is 2.70. The zero-order valence-corrected chi connectivity index (χ0v) is 21.1. The Morgan fingerprint density at radius 1 is 0.974 bits per heavy atom. The fourth-order valence-corrected chi connectivity index (χ4v) is 6.71.